The van der Waals surface area contributed by atoms with Gasteiger partial charge < -0.3 is 24.4 Å². The molecular weight excluding hydrogens is 717 g/mol. The normalized spacial score (nSPS) is 14.9. The molecule has 4 aromatic rings. The molecule has 3 aromatic carbocycles. The molecule has 56 heavy (non-hydrogen) atoms. The molecule has 13 heteroatoms. The highest BCUT2D eigenvalue weighted by atomic mass is 19.1. The first kappa shape index (κ1) is 42.3. The zero-order valence-electron chi connectivity index (χ0n) is 33.0. The molecule has 1 aliphatic rings. The van der Waals surface area contributed by atoms with Crippen LogP contribution in [0.4, 0.5) is 25.8 Å². The van der Waals surface area contributed by atoms with Crippen LogP contribution in [0, 0.1) is 23.5 Å². The second kappa shape index (κ2) is 22.0. The molecule has 0 saturated carbocycles. The number of aliphatic hydroxyl groups is 1. The van der Waals surface area contributed by atoms with Crippen molar-refractivity contribution in [3.05, 3.63) is 96.6 Å². The van der Waals surface area contributed by atoms with Gasteiger partial charge in [-0.05, 0) is 93.1 Å². The average molecular weight is 774 g/mol. The fourth-order valence-electron chi connectivity index (χ4n) is 6.96. The molecule has 11 nitrogen and oxygen atoms in total. The maximum atomic E-state index is 14.1. The van der Waals surface area contributed by atoms with Crippen LogP contribution in [-0.2, 0) is 22.7 Å². The van der Waals surface area contributed by atoms with Gasteiger partial charge in [-0.2, -0.15) is 5.10 Å². The predicted octanol–water partition coefficient (Wildman–Crippen LogP) is 7.53. The quantitative estimate of drug-likeness (QED) is 0.0497. The summed E-state index contributed by atoms with van der Waals surface area (Å²) in [6.07, 6.45) is 10.1. The first-order valence-electron chi connectivity index (χ1n) is 19.8. The highest BCUT2D eigenvalue weighted by Gasteiger charge is 2.19. The molecule has 1 aliphatic heterocycles. The van der Waals surface area contributed by atoms with Gasteiger partial charge in [0.1, 0.15) is 30.0 Å². The van der Waals surface area contributed by atoms with Crippen molar-refractivity contribution < 1.29 is 28.2 Å². The van der Waals surface area contributed by atoms with Gasteiger partial charge in [0.05, 0.1) is 32.3 Å². The number of hydrogen-bond donors (Lipinski definition) is 1. The Labute approximate surface area is 330 Å². The summed E-state index contributed by atoms with van der Waals surface area (Å²) in [7, 11) is 0. The van der Waals surface area contributed by atoms with Gasteiger partial charge in [-0.3, -0.25) is 19.4 Å². The van der Waals surface area contributed by atoms with E-state index in [2.05, 4.69) is 56.1 Å². The largest absolute Gasteiger partial charge is 0.493 e. The third kappa shape index (κ3) is 13.1. The molecule has 302 valence electrons. The van der Waals surface area contributed by atoms with Gasteiger partial charge in [0.2, 0.25) is 5.91 Å². The number of aliphatic imine (C=N–C) groups is 1. The third-order valence-electron chi connectivity index (χ3n) is 10.4. The Morgan fingerprint density at radius 1 is 0.946 bits per heavy atom. The Kier molecular flexibility index (Phi) is 16.6. The molecule has 0 radical (unpaired) electrons. The Balaban J connectivity index is 1.07. The average Bonchev–Trinajstić information content (AvgIpc) is 3.72. The Morgan fingerprint density at radius 2 is 1.64 bits per heavy atom. The summed E-state index contributed by atoms with van der Waals surface area (Å²) in [4.78, 5) is 27.3. The van der Waals surface area contributed by atoms with E-state index in [0.717, 1.165) is 100 Å². The van der Waals surface area contributed by atoms with Crippen LogP contribution >= 0.6 is 0 Å². The number of hydrogen-bond acceptors (Lipinski definition) is 9. The van der Waals surface area contributed by atoms with Crippen LogP contribution in [0.2, 0.25) is 0 Å². The number of aromatic nitrogens is 3. The molecule has 3 atom stereocenters. The first-order valence-corrected chi connectivity index (χ1v) is 19.8. The minimum absolute atomic E-state index is 0.0544. The second-order valence-electron chi connectivity index (χ2n) is 14.5. The molecule has 0 spiro atoms. The van der Waals surface area contributed by atoms with E-state index < -0.39 is 11.6 Å². The number of nitrogens with zero attached hydrogens (tertiary/aromatic N) is 7. The summed E-state index contributed by atoms with van der Waals surface area (Å²) in [5.41, 5.74) is 3.35. The van der Waals surface area contributed by atoms with Gasteiger partial charge in [-0.1, -0.05) is 25.8 Å². The van der Waals surface area contributed by atoms with Gasteiger partial charge in [0.15, 0.2) is 0 Å². The van der Waals surface area contributed by atoms with Gasteiger partial charge in [0, 0.05) is 80.8 Å². The molecule has 1 aromatic heterocycles. The van der Waals surface area contributed by atoms with Gasteiger partial charge in [-0.15, -0.1) is 0 Å². The number of ether oxygens (including phenoxy) is 2. The smallest absolute Gasteiger partial charge is 0.229 e. The summed E-state index contributed by atoms with van der Waals surface area (Å²) in [6, 6.07) is 19.8. The lowest BCUT2D eigenvalue weighted by molar-refractivity contribution is -0.115. The fourth-order valence-corrected chi connectivity index (χ4v) is 6.96. The minimum atomic E-state index is -0.614. The first-order chi connectivity index (χ1) is 27.2. The lowest BCUT2D eigenvalue weighted by Crippen LogP contribution is -2.46. The Bertz CT molecular complexity index is 1770. The highest BCUT2D eigenvalue weighted by molar-refractivity contribution is 6.07. The molecule has 5 rings (SSSR count). The number of amides is 1. The monoisotopic (exact) mass is 773 g/mol. The van der Waals surface area contributed by atoms with Crippen LogP contribution in [0.25, 0.3) is 0 Å². The number of aryl methyl sites for hydroxylation is 1. The van der Waals surface area contributed by atoms with Crippen molar-refractivity contribution in [1.82, 2.24) is 14.8 Å². The number of halogens is 2. The number of aliphatic hydroxyl groups excluding tert-OH is 1. The molecule has 1 fully saturated rings. The Hall–Kier alpha value is -4.88. The van der Waals surface area contributed by atoms with E-state index in [9.17, 15) is 18.7 Å². The maximum Gasteiger partial charge on any atom is 0.229 e. The van der Waals surface area contributed by atoms with Gasteiger partial charge in [-0.25, -0.2) is 13.8 Å². The number of piperazine rings is 1. The summed E-state index contributed by atoms with van der Waals surface area (Å²) in [5, 5.41) is 14.0. The molecule has 1 amide bonds. The number of carbonyl (C=O) groups excluding carboxylic acids is 1. The van der Waals surface area contributed by atoms with Crippen molar-refractivity contribution in [2.45, 2.75) is 78.6 Å². The van der Waals surface area contributed by atoms with Crippen molar-refractivity contribution in [3.63, 3.8) is 0 Å². The van der Waals surface area contributed by atoms with E-state index in [1.165, 1.54) is 18.5 Å². The highest BCUT2D eigenvalue weighted by Crippen LogP contribution is 2.26. The number of unbranched alkanes of at least 4 members (excludes halogenated alkanes) is 1. The predicted molar refractivity (Wildman–Crippen MR) is 217 cm³/mol. The van der Waals surface area contributed by atoms with Crippen molar-refractivity contribution in [2.24, 2.45) is 16.8 Å². The summed E-state index contributed by atoms with van der Waals surface area (Å²) >= 11 is 0. The maximum absolute atomic E-state index is 14.1. The molecule has 0 bridgehead atoms. The van der Waals surface area contributed by atoms with Crippen LogP contribution < -0.4 is 19.4 Å². The van der Waals surface area contributed by atoms with Crippen molar-refractivity contribution >= 4 is 29.3 Å². The van der Waals surface area contributed by atoms with Crippen molar-refractivity contribution in [1.29, 1.82) is 0 Å². The van der Waals surface area contributed by atoms with Crippen LogP contribution in [0.1, 0.15) is 64.9 Å². The molecule has 1 N–H and O–H groups in total. The van der Waals surface area contributed by atoms with Gasteiger partial charge >= 0.3 is 0 Å². The number of rotatable bonds is 22. The fraction of sp³-hybridized carbons (Fsp3) is 0.488. The van der Waals surface area contributed by atoms with Crippen LogP contribution in [-0.4, -0.2) is 84.2 Å². The zero-order chi connectivity index (χ0) is 39.7. The third-order valence-corrected chi connectivity index (χ3v) is 10.4. The molecule has 2 heterocycles. The second-order valence-corrected chi connectivity index (χ2v) is 14.5. The topological polar surface area (TPSA) is 109 Å². The van der Waals surface area contributed by atoms with Crippen molar-refractivity contribution in [3.8, 4) is 5.75 Å². The number of carbonyl (C=O) groups is 1. The number of benzene rings is 3. The lowest BCUT2D eigenvalue weighted by Gasteiger charge is -2.37. The summed E-state index contributed by atoms with van der Waals surface area (Å²) < 4.78 is 41.3. The molecule has 1 saturated heterocycles. The molecular formula is C43H57F2N7O4. The van der Waals surface area contributed by atoms with E-state index in [1.54, 1.807) is 29.2 Å². The van der Waals surface area contributed by atoms with Crippen LogP contribution in [0.5, 0.6) is 5.75 Å². The van der Waals surface area contributed by atoms with E-state index in [0.29, 0.717) is 31.2 Å². The standard InChI is InChI=1S/C43H57F2N7O4/c1-4-36(33(2)53)9-5-6-20-46-32-52(34(3)54)41-14-12-39(13-15-41)49-22-24-50(25-23-49)40-16-18-42(19-17-40)56-28-35(8-7-21-51-31-47-30-48-51)27-55-29-37-10-11-38(44)26-43(37)45/h10-19,26,30-33,35-36,53H,4-9,20-25,27-29H2,1-3H3/b46-32-/t33-,35-,36+/m0/s1. The summed E-state index contributed by atoms with van der Waals surface area (Å²) in [6.45, 7) is 11.2. The molecule has 0 unspecified atom stereocenters. The van der Waals surface area contributed by atoms with E-state index in [1.807, 2.05) is 31.2 Å². The van der Waals surface area contributed by atoms with Crippen LogP contribution in [0.15, 0.2) is 84.4 Å². The van der Waals surface area contributed by atoms with E-state index in [4.69, 9.17) is 9.47 Å². The van der Waals surface area contributed by atoms with Gasteiger partial charge in [0.25, 0.3) is 0 Å². The van der Waals surface area contributed by atoms with E-state index in [-0.39, 0.29) is 24.5 Å². The van der Waals surface area contributed by atoms with E-state index >= 15 is 0 Å². The minimum Gasteiger partial charge on any atom is -0.493 e. The lowest BCUT2D eigenvalue weighted by atomic mass is 9.94. The number of anilines is 3. The summed E-state index contributed by atoms with van der Waals surface area (Å²) in [5.74, 6) is -0.169. The molecule has 0 aliphatic carbocycles. The SMILES string of the molecule is CC[C@H](CCCC/N=C\N(C(C)=O)c1ccc(N2CCN(c3ccc(OC[C@@H](CCCn4cncn4)COCc4ccc(F)cc4F)cc3)CC2)cc1)[C@H](C)O. The zero-order valence-corrected chi connectivity index (χ0v) is 33.0. The van der Waals surface area contributed by atoms with Crippen molar-refractivity contribution in [2.75, 3.05) is 60.6 Å². The Morgan fingerprint density at radius 3 is 2.25 bits per heavy atom. The van der Waals surface area contributed by atoms with Crippen LogP contribution in [0.3, 0.4) is 0 Å².